The van der Waals surface area contributed by atoms with Gasteiger partial charge in [0.25, 0.3) is 0 Å². The zero-order valence-electron chi connectivity index (χ0n) is 21.2. The smallest absolute Gasteiger partial charge is 0.309 e. The Balaban J connectivity index is 1.51. The predicted molar refractivity (Wildman–Crippen MR) is 137 cm³/mol. The standard InChI is InChI=1S/C27H37NO7S/c1-3-34-27(29)23(5-4-20-36(30,31)26-12-10-24(32-2)11-13-26)21-22-6-8-25(9-7-22)35-19-16-28-14-17-33-18-15-28/h6-13,23H,3-5,14-21H2,1-2H3. The average Bonchev–Trinajstić information content (AvgIpc) is 2.90. The summed E-state index contributed by atoms with van der Waals surface area (Å²) in [5, 5.41) is 0. The van der Waals surface area contributed by atoms with Crippen LogP contribution in [0.1, 0.15) is 25.3 Å². The first kappa shape index (κ1) is 28.0. The molecular formula is C27H37NO7S. The number of sulfone groups is 1. The molecule has 8 nitrogen and oxygen atoms in total. The summed E-state index contributed by atoms with van der Waals surface area (Å²) in [7, 11) is -1.92. The third-order valence-electron chi connectivity index (χ3n) is 6.19. The summed E-state index contributed by atoms with van der Waals surface area (Å²) >= 11 is 0. The Morgan fingerprint density at radius 1 is 1.03 bits per heavy atom. The first-order valence-electron chi connectivity index (χ1n) is 12.5. The Bertz CT molecular complexity index is 1030. The number of nitrogens with zero attached hydrogens (tertiary/aromatic N) is 1. The molecule has 2 aromatic rings. The number of carbonyl (C=O) groups excluding carboxylic acids is 1. The Labute approximate surface area is 214 Å². The minimum Gasteiger partial charge on any atom is -0.497 e. The Hall–Kier alpha value is -2.62. The highest BCUT2D eigenvalue weighted by atomic mass is 32.2. The van der Waals surface area contributed by atoms with Crippen LogP contribution in [0.2, 0.25) is 0 Å². The summed E-state index contributed by atoms with van der Waals surface area (Å²) < 4.78 is 47.0. The lowest BCUT2D eigenvalue weighted by Crippen LogP contribution is -2.38. The third-order valence-corrected chi connectivity index (χ3v) is 8.01. The number of morpholine rings is 1. The van der Waals surface area contributed by atoms with Gasteiger partial charge in [0.2, 0.25) is 0 Å². The third kappa shape index (κ3) is 8.80. The monoisotopic (exact) mass is 519 g/mol. The van der Waals surface area contributed by atoms with E-state index in [-0.39, 0.29) is 23.2 Å². The molecular weight excluding hydrogens is 482 g/mol. The Morgan fingerprint density at radius 2 is 1.69 bits per heavy atom. The number of hydrogen-bond donors (Lipinski definition) is 0. The minimum atomic E-state index is -3.45. The number of ether oxygens (including phenoxy) is 4. The van der Waals surface area contributed by atoms with Crippen LogP contribution in [0.5, 0.6) is 11.5 Å². The second-order valence-electron chi connectivity index (χ2n) is 8.74. The molecule has 1 fully saturated rings. The first-order chi connectivity index (χ1) is 17.4. The Kier molecular flexibility index (Phi) is 11.0. The molecule has 2 aromatic carbocycles. The summed E-state index contributed by atoms with van der Waals surface area (Å²) in [6, 6.07) is 14.1. The molecule has 1 heterocycles. The van der Waals surface area contributed by atoms with Gasteiger partial charge in [0, 0.05) is 19.6 Å². The van der Waals surface area contributed by atoms with E-state index in [4.69, 9.17) is 18.9 Å². The quantitative estimate of drug-likeness (QED) is 0.351. The molecule has 1 aliphatic heterocycles. The summed E-state index contributed by atoms with van der Waals surface area (Å²) in [6.45, 7) is 6.91. The minimum absolute atomic E-state index is 0.0366. The van der Waals surface area contributed by atoms with Crippen LogP contribution >= 0.6 is 0 Å². The van der Waals surface area contributed by atoms with E-state index in [1.165, 1.54) is 7.11 Å². The van der Waals surface area contributed by atoms with Crippen LogP contribution in [0, 0.1) is 5.92 Å². The van der Waals surface area contributed by atoms with Crippen molar-refractivity contribution >= 4 is 15.8 Å². The van der Waals surface area contributed by atoms with Crippen molar-refractivity contribution in [2.45, 2.75) is 31.1 Å². The van der Waals surface area contributed by atoms with Gasteiger partial charge in [-0.2, -0.15) is 0 Å². The van der Waals surface area contributed by atoms with E-state index < -0.39 is 15.8 Å². The summed E-state index contributed by atoms with van der Waals surface area (Å²) in [6.07, 6.45) is 1.27. The lowest BCUT2D eigenvalue weighted by atomic mass is 9.95. The van der Waals surface area contributed by atoms with Gasteiger partial charge in [-0.25, -0.2) is 8.42 Å². The number of carbonyl (C=O) groups is 1. The fourth-order valence-corrected chi connectivity index (χ4v) is 5.44. The maximum absolute atomic E-state index is 12.7. The molecule has 1 unspecified atom stereocenters. The average molecular weight is 520 g/mol. The van der Waals surface area contributed by atoms with E-state index in [0.717, 1.165) is 44.2 Å². The van der Waals surface area contributed by atoms with Crippen molar-refractivity contribution in [3.8, 4) is 11.5 Å². The number of methoxy groups -OCH3 is 1. The van der Waals surface area contributed by atoms with E-state index in [0.29, 0.717) is 31.6 Å². The molecule has 9 heteroatoms. The lowest BCUT2D eigenvalue weighted by molar-refractivity contribution is -0.148. The summed E-state index contributed by atoms with van der Waals surface area (Å²) in [5.74, 6) is 0.634. The van der Waals surface area contributed by atoms with Crippen molar-refractivity contribution in [3.05, 3.63) is 54.1 Å². The van der Waals surface area contributed by atoms with Crippen molar-refractivity contribution in [2.24, 2.45) is 5.92 Å². The van der Waals surface area contributed by atoms with Gasteiger partial charge in [0.1, 0.15) is 18.1 Å². The predicted octanol–water partition coefficient (Wildman–Crippen LogP) is 3.38. The van der Waals surface area contributed by atoms with E-state index in [9.17, 15) is 13.2 Å². The lowest BCUT2D eigenvalue weighted by Gasteiger charge is -2.26. The fraction of sp³-hybridized carbons (Fsp3) is 0.519. The Morgan fingerprint density at radius 3 is 2.33 bits per heavy atom. The molecule has 0 spiro atoms. The van der Waals surface area contributed by atoms with Gasteiger partial charge in [0.05, 0.1) is 43.5 Å². The molecule has 0 aliphatic carbocycles. The van der Waals surface area contributed by atoms with Gasteiger partial charge in [0.15, 0.2) is 9.84 Å². The van der Waals surface area contributed by atoms with Crippen LogP contribution in [0.25, 0.3) is 0 Å². The highest BCUT2D eigenvalue weighted by Gasteiger charge is 2.22. The topological polar surface area (TPSA) is 91.4 Å². The molecule has 1 saturated heterocycles. The van der Waals surface area contributed by atoms with E-state index >= 15 is 0 Å². The normalized spacial score (nSPS) is 15.3. The molecule has 3 rings (SSSR count). The van der Waals surface area contributed by atoms with E-state index in [2.05, 4.69) is 4.90 Å². The summed E-state index contributed by atoms with van der Waals surface area (Å²) in [5.41, 5.74) is 0.978. The van der Waals surface area contributed by atoms with Crippen LogP contribution in [0.3, 0.4) is 0 Å². The SMILES string of the molecule is CCOC(=O)C(CCCS(=O)(=O)c1ccc(OC)cc1)Cc1ccc(OCCN2CCOCC2)cc1. The van der Waals surface area contributed by atoms with Gasteiger partial charge >= 0.3 is 5.97 Å². The molecule has 0 aromatic heterocycles. The molecule has 1 aliphatic rings. The first-order valence-corrected chi connectivity index (χ1v) is 14.1. The molecule has 36 heavy (non-hydrogen) atoms. The molecule has 1 atom stereocenters. The molecule has 0 radical (unpaired) electrons. The largest absolute Gasteiger partial charge is 0.497 e. The van der Waals surface area contributed by atoms with Crippen molar-refractivity contribution in [1.82, 2.24) is 4.90 Å². The van der Waals surface area contributed by atoms with Crippen LogP contribution in [-0.4, -0.2) is 78.2 Å². The highest BCUT2D eigenvalue weighted by Crippen LogP contribution is 2.22. The van der Waals surface area contributed by atoms with Gasteiger partial charge in [-0.1, -0.05) is 12.1 Å². The molecule has 0 N–H and O–H groups in total. The van der Waals surface area contributed by atoms with Crippen LogP contribution in [-0.2, 0) is 30.5 Å². The van der Waals surface area contributed by atoms with Gasteiger partial charge in [-0.05, 0) is 68.1 Å². The maximum atomic E-state index is 12.7. The fourth-order valence-electron chi connectivity index (χ4n) is 4.11. The van der Waals surface area contributed by atoms with Crippen molar-refractivity contribution in [3.63, 3.8) is 0 Å². The van der Waals surface area contributed by atoms with Crippen LogP contribution in [0.15, 0.2) is 53.4 Å². The summed E-state index contributed by atoms with van der Waals surface area (Å²) in [4.78, 5) is 15.1. The maximum Gasteiger partial charge on any atom is 0.309 e. The molecule has 0 bridgehead atoms. The van der Waals surface area contributed by atoms with Gasteiger partial charge in [-0.15, -0.1) is 0 Å². The number of rotatable bonds is 14. The van der Waals surface area contributed by atoms with Crippen LogP contribution in [0.4, 0.5) is 0 Å². The van der Waals surface area contributed by atoms with Crippen molar-refractivity contribution in [1.29, 1.82) is 0 Å². The van der Waals surface area contributed by atoms with E-state index in [1.54, 1.807) is 31.2 Å². The van der Waals surface area contributed by atoms with Gasteiger partial charge in [-0.3, -0.25) is 9.69 Å². The highest BCUT2D eigenvalue weighted by molar-refractivity contribution is 7.91. The number of esters is 1. The second kappa shape index (κ2) is 14.2. The van der Waals surface area contributed by atoms with E-state index in [1.807, 2.05) is 24.3 Å². The number of hydrogen-bond acceptors (Lipinski definition) is 8. The number of benzene rings is 2. The van der Waals surface area contributed by atoms with Crippen molar-refractivity contribution in [2.75, 3.05) is 58.9 Å². The second-order valence-corrected chi connectivity index (χ2v) is 10.8. The zero-order valence-corrected chi connectivity index (χ0v) is 22.0. The van der Waals surface area contributed by atoms with Crippen LogP contribution < -0.4 is 9.47 Å². The molecule has 0 saturated carbocycles. The zero-order chi connectivity index (χ0) is 25.8. The molecule has 198 valence electrons. The van der Waals surface area contributed by atoms with Gasteiger partial charge < -0.3 is 18.9 Å². The molecule has 0 amide bonds. The van der Waals surface area contributed by atoms with Crippen molar-refractivity contribution < 1.29 is 32.2 Å².